The van der Waals surface area contributed by atoms with E-state index in [0.717, 1.165) is 30.9 Å². The Balaban J connectivity index is 2.04. The third-order valence-corrected chi connectivity index (χ3v) is 7.32. The molecule has 0 aliphatic carbocycles. The van der Waals surface area contributed by atoms with Crippen molar-refractivity contribution in [3.63, 3.8) is 0 Å². The fourth-order valence-corrected chi connectivity index (χ4v) is 4.89. The first-order chi connectivity index (χ1) is 21.4. The molecule has 13 heteroatoms. The topological polar surface area (TPSA) is 24.7 Å². The van der Waals surface area contributed by atoms with Crippen molar-refractivity contribution in [3.05, 3.63) is 112 Å². The molecule has 0 saturated carbocycles. The molecule has 0 bridgehead atoms. The van der Waals surface area contributed by atoms with Gasteiger partial charge in [0.1, 0.15) is 0 Å². The maximum Gasteiger partial charge on any atom is 0.260 e. The zero-order valence-electron chi connectivity index (χ0n) is 24.0. The number of hydrogen-bond donors (Lipinski definition) is 0. The lowest BCUT2D eigenvalue weighted by Gasteiger charge is -2.21. The van der Waals surface area contributed by atoms with Crippen LogP contribution in [-0.4, -0.2) is 6.71 Å². The van der Waals surface area contributed by atoms with Crippen molar-refractivity contribution in [2.45, 2.75) is 52.4 Å². The van der Waals surface area contributed by atoms with Gasteiger partial charge in [0.2, 0.25) is 0 Å². The molecule has 0 aromatic heterocycles. The summed E-state index contributed by atoms with van der Waals surface area (Å²) in [5.74, 6) is -25.2. The highest BCUT2D eigenvalue weighted by atomic mass is 19.2. The number of rotatable bonds is 11. The molecule has 0 atom stereocenters. The monoisotopic (exact) mass is 638 g/mol. The van der Waals surface area contributed by atoms with E-state index in [1.807, 2.05) is 13.8 Å². The molecule has 0 heterocycles. The van der Waals surface area contributed by atoms with Crippen molar-refractivity contribution >= 4 is 34.5 Å². The summed E-state index contributed by atoms with van der Waals surface area (Å²) in [6.07, 6.45) is 4.17. The van der Waals surface area contributed by atoms with Crippen LogP contribution in [0.4, 0.5) is 55.3 Å². The number of aryl methyl sites for hydroxylation is 2. The fraction of sp³-hybridized carbons (Fsp3) is 0.250. The van der Waals surface area contributed by atoms with Crippen LogP contribution < -0.4 is 16.4 Å². The molecule has 236 valence electrons. The molecule has 4 aromatic rings. The van der Waals surface area contributed by atoms with Gasteiger partial charge in [-0.3, -0.25) is 0 Å². The van der Waals surface area contributed by atoms with Gasteiger partial charge in [-0.2, -0.15) is 10.2 Å². The zero-order chi connectivity index (χ0) is 33.0. The minimum Gasteiger partial charge on any atom is -0.204 e. The van der Waals surface area contributed by atoms with Gasteiger partial charge in [0.15, 0.2) is 58.2 Å². The minimum atomic E-state index is -2.74. The zero-order valence-corrected chi connectivity index (χ0v) is 24.0. The van der Waals surface area contributed by atoms with E-state index in [1.165, 1.54) is 12.1 Å². The summed E-state index contributed by atoms with van der Waals surface area (Å²) in [7, 11) is 0. The first-order valence-electron chi connectivity index (χ1n) is 14.1. The predicted octanol–water partition coefficient (Wildman–Crippen LogP) is 8.69. The molecule has 0 amide bonds. The van der Waals surface area contributed by atoms with Crippen LogP contribution in [0.5, 0.6) is 0 Å². The Kier molecular flexibility index (Phi) is 10.7. The molecule has 0 saturated heterocycles. The molecule has 4 rings (SSSR count). The van der Waals surface area contributed by atoms with Crippen LogP contribution in [0.1, 0.15) is 50.7 Å². The Morgan fingerprint density at radius 2 is 0.889 bits per heavy atom. The van der Waals surface area contributed by atoms with Crippen molar-refractivity contribution in [1.29, 1.82) is 0 Å². The van der Waals surface area contributed by atoms with Gasteiger partial charge in [-0.25, -0.2) is 43.9 Å². The van der Waals surface area contributed by atoms with E-state index < -0.39 is 81.3 Å². The summed E-state index contributed by atoms with van der Waals surface area (Å²) in [5, 5.41) is 8.06. The maximum atomic E-state index is 15.3. The molecular formula is C32H25BF10N2. The number of hydrogen-bond acceptors (Lipinski definition) is 2. The Labute approximate surface area is 252 Å². The molecule has 0 spiro atoms. The smallest absolute Gasteiger partial charge is 0.204 e. The van der Waals surface area contributed by atoms with Gasteiger partial charge in [0.25, 0.3) is 6.71 Å². The van der Waals surface area contributed by atoms with Gasteiger partial charge >= 0.3 is 0 Å². The SMILES string of the molecule is CCCCc1ccc(N=Nc2ccc(CCCC)cc2B(c2c(F)c(F)c(F)c(F)c2F)c2c(F)c(F)c(F)c(F)c2F)cc1. The third-order valence-electron chi connectivity index (χ3n) is 7.32. The number of halogens is 10. The summed E-state index contributed by atoms with van der Waals surface area (Å²) in [6.45, 7) is 1.12. The summed E-state index contributed by atoms with van der Waals surface area (Å²) >= 11 is 0. The number of unbranched alkanes of at least 4 members (excludes halogenated alkanes) is 2. The molecule has 2 nitrogen and oxygen atoms in total. The molecule has 0 radical (unpaired) electrons. The van der Waals surface area contributed by atoms with Crippen LogP contribution in [-0.2, 0) is 12.8 Å². The second kappa shape index (κ2) is 14.3. The summed E-state index contributed by atoms with van der Waals surface area (Å²) < 4.78 is 147. The molecular weight excluding hydrogens is 613 g/mol. The first kappa shape index (κ1) is 33.7. The Bertz CT molecular complexity index is 1610. The highest BCUT2D eigenvalue weighted by Gasteiger charge is 2.41. The normalized spacial score (nSPS) is 11.6. The highest BCUT2D eigenvalue weighted by Crippen LogP contribution is 2.25. The molecule has 0 unspecified atom stereocenters. The molecule has 0 fully saturated rings. The van der Waals surface area contributed by atoms with E-state index in [2.05, 4.69) is 10.2 Å². The largest absolute Gasteiger partial charge is 0.260 e. The lowest BCUT2D eigenvalue weighted by atomic mass is 9.35. The van der Waals surface area contributed by atoms with E-state index in [-0.39, 0.29) is 17.8 Å². The predicted molar refractivity (Wildman–Crippen MR) is 151 cm³/mol. The van der Waals surface area contributed by atoms with E-state index in [9.17, 15) is 26.3 Å². The van der Waals surface area contributed by atoms with Gasteiger partial charge in [-0.1, -0.05) is 51.0 Å². The highest BCUT2D eigenvalue weighted by molar-refractivity contribution is 6.96. The van der Waals surface area contributed by atoms with E-state index in [4.69, 9.17) is 0 Å². The van der Waals surface area contributed by atoms with E-state index in [0.29, 0.717) is 18.4 Å². The van der Waals surface area contributed by atoms with Crippen LogP contribution in [0.3, 0.4) is 0 Å². The second-order valence-electron chi connectivity index (χ2n) is 10.4. The summed E-state index contributed by atoms with van der Waals surface area (Å²) in [4.78, 5) is 0. The maximum absolute atomic E-state index is 15.3. The van der Waals surface area contributed by atoms with E-state index in [1.54, 1.807) is 24.3 Å². The summed E-state index contributed by atoms with van der Waals surface area (Å²) in [5.41, 5.74) is -3.04. The Hall–Kier alpha value is -4.16. The van der Waals surface area contributed by atoms with Gasteiger partial charge < -0.3 is 0 Å². The molecule has 4 aromatic carbocycles. The van der Waals surface area contributed by atoms with Crippen LogP contribution >= 0.6 is 0 Å². The van der Waals surface area contributed by atoms with Crippen molar-refractivity contribution in [3.8, 4) is 0 Å². The van der Waals surface area contributed by atoms with Crippen LogP contribution in [0.15, 0.2) is 52.7 Å². The lowest BCUT2D eigenvalue weighted by Crippen LogP contribution is -2.58. The molecule has 45 heavy (non-hydrogen) atoms. The van der Waals surface area contributed by atoms with Crippen LogP contribution in [0.2, 0.25) is 0 Å². The van der Waals surface area contributed by atoms with E-state index >= 15 is 17.6 Å². The van der Waals surface area contributed by atoms with Crippen LogP contribution in [0, 0.1) is 58.2 Å². The minimum absolute atomic E-state index is 0.264. The fourth-order valence-electron chi connectivity index (χ4n) is 4.89. The molecule has 0 N–H and O–H groups in total. The van der Waals surface area contributed by atoms with Crippen molar-refractivity contribution < 1.29 is 43.9 Å². The Morgan fingerprint density at radius 3 is 1.33 bits per heavy atom. The summed E-state index contributed by atoms with van der Waals surface area (Å²) in [6, 6.07) is 10.5. The van der Waals surface area contributed by atoms with Gasteiger partial charge in [-0.05, 0) is 60.5 Å². The third kappa shape index (κ3) is 6.77. The van der Waals surface area contributed by atoms with Gasteiger partial charge in [-0.15, -0.1) is 0 Å². The second-order valence-corrected chi connectivity index (χ2v) is 10.4. The van der Waals surface area contributed by atoms with Crippen LogP contribution in [0.25, 0.3) is 0 Å². The number of nitrogens with zero attached hydrogens (tertiary/aromatic N) is 2. The number of azo groups is 1. The van der Waals surface area contributed by atoms with Gasteiger partial charge in [0.05, 0.1) is 11.4 Å². The van der Waals surface area contributed by atoms with Gasteiger partial charge in [0, 0.05) is 10.9 Å². The average Bonchev–Trinajstić information content (AvgIpc) is 3.05. The standard InChI is InChI=1S/C32H25BF10N2/c1-3-5-7-16-9-12-18(13-10-16)44-45-20-14-11-17(8-6-4-2)15-19(20)33(21-23(34)27(38)31(42)28(39)24(21)35)22-25(36)29(40)32(43)30(41)26(22)37/h9-15H,3-8H2,1-2H3. The molecule has 0 aliphatic rings. The molecule has 0 aliphatic heterocycles. The average molecular weight is 638 g/mol. The lowest BCUT2D eigenvalue weighted by molar-refractivity contribution is 0.382. The Morgan fingerprint density at radius 1 is 0.489 bits per heavy atom. The van der Waals surface area contributed by atoms with Crippen molar-refractivity contribution in [2.75, 3.05) is 0 Å². The first-order valence-corrected chi connectivity index (χ1v) is 14.1. The van der Waals surface area contributed by atoms with Crippen molar-refractivity contribution in [1.82, 2.24) is 0 Å². The number of benzene rings is 4. The quantitative estimate of drug-likeness (QED) is 0.0517. The van der Waals surface area contributed by atoms with Crippen molar-refractivity contribution in [2.24, 2.45) is 10.2 Å².